The van der Waals surface area contributed by atoms with Gasteiger partial charge in [-0.1, -0.05) is 42.5 Å². The third kappa shape index (κ3) is 4.59. The maximum Gasteiger partial charge on any atom is 0.330 e. The van der Waals surface area contributed by atoms with Crippen LogP contribution in [0.15, 0.2) is 48.5 Å². The first-order valence-electron chi connectivity index (χ1n) is 7.75. The molecule has 0 bridgehead atoms. The molecule has 24 heavy (non-hydrogen) atoms. The van der Waals surface area contributed by atoms with Gasteiger partial charge < -0.3 is 15.2 Å². The predicted molar refractivity (Wildman–Crippen MR) is 91.0 cm³/mol. The van der Waals surface area contributed by atoms with E-state index in [1.54, 1.807) is 30.3 Å². The van der Waals surface area contributed by atoms with E-state index >= 15 is 0 Å². The number of carboxylic acid groups (broad SMARTS) is 1. The van der Waals surface area contributed by atoms with Crippen LogP contribution in [0.5, 0.6) is 5.75 Å². The highest BCUT2D eigenvalue weighted by Gasteiger charge is 2.21. The molecule has 5 heteroatoms. The van der Waals surface area contributed by atoms with Crippen LogP contribution < -0.4 is 10.1 Å². The summed E-state index contributed by atoms with van der Waals surface area (Å²) in [6.45, 7) is 4.14. The van der Waals surface area contributed by atoms with Crippen molar-refractivity contribution in [3.63, 3.8) is 0 Å². The molecule has 0 spiro atoms. The van der Waals surface area contributed by atoms with Crippen molar-refractivity contribution in [2.24, 2.45) is 0 Å². The Morgan fingerprint density at radius 2 is 1.79 bits per heavy atom. The van der Waals surface area contributed by atoms with Gasteiger partial charge in [-0.25, -0.2) is 4.79 Å². The second kappa shape index (κ2) is 8.15. The molecule has 5 nitrogen and oxygen atoms in total. The lowest BCUT2D eigenvalue weighted by atomic mass is 10.1. The average Bonchev–Trinajstić information content (AvgIpc) is 2.57. The van der Waals surface area contributed by atoms with Crippen molar-refractivity contribution in [2.75, 3.05) is 6.61 Å². The Morgan fingerprint density at radius 3 is 2.46 bits per heavy atom. The van der Waals surface area contributed by atoms with Crippen molar-refractivity contribution in [1.82, 2.24) is 5.32 Å². The molecule has 0 heterocycles. The van der Waals surface area contributed by atoms with Crippen molar-refractivity contribution in [3.05, 3.63) is 65.2 Å². The quantitative estimate of drug-likeness (QED) is 0.819. The van der Waals surface area contributed by atoms with Crippen LogP contribution in [-0.4, -0.2) is 23.6 Å². The van der Waals surface area contributed by atoms with Crippen LogP contribution in [0.25, 0.3) is 0 Å². The molecule has 1 atom stereocenters. The molecule has 126 valence electrons. The van der Waals surface area contributed by atoms with Crippen LogP contribution in [0, 0.1) is 13.8 Å². The van der Waals surface area contributed by atoms with Crippen molar-refractivity contribution in [1.29, 1.82) is 0 Å². The number of hydrogen-bond acceptors (Lipinski definition) is 3. The summed E-state index contributed by atoms with van der Waals surface area (Å²) in [5.74, 6) is -0.720. The molecule has 0 fully saturated rings. The number of hydrogen-bond donors (Lipinski definition) is 2. The fourth-order valence-corrected chi connectivity index (χ4v) is 2.30. The van der Waals surface area contributed by atoms with E-state index in [4.69, 9.17) is 4.74 Å². The van der Waals surface area contributed by atoms with Gasteiger partial charge in [0.1, 0.15) is 5.75 Å². The van der Waals surface area contributed by atoms with E-state index in [-0.39, 0.29) is 18.9 Å². The van der Waals surface area contributed by atoms with E-state index in [9.17, 15) is 14.7 Å². The SMILES string of the molecule is Cc1cccc(OCCC(=O)N[C@H](C(=O)O)c2ccccc2)c1C. The minimum atomic E-state index is -1.09. The Hall–Kier alpha value is -2.82. The molecule has 0 aromatic heterocycles. The minimum absolute atomic E-state index is 0.0873. The molecule has 2 aromatic carbocycles. The number of ether oxygens (including phenoxy) is 1. The minimum Gasteiger partial charge on any atom is -0.493 e. The van der Waals surface area contributed by atoms with E-state index in [1.165, 1.54) is 0 Å². The number of nitrogens with one attached hydrogen (secondary N) is 1. The topological polar surface area (TPSA) is 75.6 Å². The van der Waals surface area contributed by atoms with Gasteiger partial charge in [0, 0.05) is 0 Å². The van der Waals surface area contributed by atoms with E-state index in [2.05, 4.69) is 5.32 Å². The molecule has 0 radical (unpaired) electrons. The molecule has 1 amide bonds. The molecule has 0 aliphatic heterocycles. The molecule has 0 aliphatic carbocycles. The third-order valence-corrected chi connectivity index (χ3v) is 3.83. The second-order valence-corrected chi connectivity index (χ2v) is 5.55. The summed E-state index contributed by atoms with van der Waals surface area (Å²) in [5, 5.41) is 11.8. The standard InChI is InChI=1S/C19H21NO4/c1-13-7-6-10-16(14(13)2)24-12-11-17(21)20-18(19(22)23)15-8-4-3-5-9-15/h3-10,18H,11-12H2,1-2H3,(H,20,21)(H,22,23)/t18-/m0/s1. The number of rotatable bonds is 7. The molecule has 2 aromatic rings. The van der Waals surface area contributed by atoms with E-state index in [0.29, 0.717) is 5.56 Å². The van der Waals surface area contributed by atoms with Crippen molar-refractivity contribution >= 4 is 11.9 Å². The Balaban J connectivity index is 1.90. The van der Waals surface area contributed by atoms with Gasteiger partial charge in [0.25, 0.3) is 0 Å². The van der Waals surface area contributed by atoms with Crippen LogP contribution in [0.1, 0.15) is 29.2 Å². The van der Waals surface area contributed by atoms with Gasteiger partial charge >= 0.3 is 5.97 Å². The summed E-state index contributed by atoms with van der Waals surface area (Å²) in [7, 11) is 0. The number of amides is 1. The number of aryl methyl sites for hydroxylation is 1. The zero-order chi connectivity index (χ0) is 17.5. The van der Waals surface area contributed by atoms with Crippen molar-refractivity contribution < 1.29 is 19.4 Å². The highest BCUT2D eigenvalue weighted by Crippen LogP contribution is 2.20. The first kappa shape index (κ1) is 17.5. The molecule has 0 unspecified atom stereocenters. The lowest BCUT2D eigenvalue weighted by Crippen LogP contribution is -2.34. The highest BCUT2D eigenvalue weighted by atomic mass is 16.5. The zero-order valence-corrected chi connectivity index (χ0v) is 13.8. The van der Waals surface area contributed by atoms with Gasteiger partial charge in [0.15, 0.2) is 6.04 Å². The zero-order valence-electron chi connectivity index (χ0n) is 13.8. The fraction of sp³-hybridized carbons (Fsp3) is 0.263. The molecular weight excluding hydrogens is 306 g/mol. The second-order valence-electron chi connectivity index (χ2n) is 5.55. The lowest BCUT2D eigenvalue weighted by molar-refractivity contribution is -0.142. The van der Waals surface area contributed by atoms with Crippen molar-refractivity contribution in [2.45, 2.75) is 26.3 Å². The van der Waals surface area contributed by atoms with Crippen LogP contribution >= 0.6 is 0 Å². The lowest BCUT2D eigenvalue weighted by Gasteiger charge is -2.15. The monoisotopic (exact) mass is 327 g/mol. The van der Waals surface area contributed by atoms with E-state index in [0.717, 1.165) is 16.9 Å². The molecule has 0 aliphatic rings. The third-order valence-electron chi connectivity index (χ3n) is 3.83. The Kier molecular flexibility index (Phi) is 5.95. The number of carboxylic acids is 1. The molecule has 0 saturated heterocycles. The van der Waals surface area contributed by atoms with E-state index < -0.39 is 12.0 Å². The Morgan fingerprint density at radius 1 is 1.08 bits per heavy atom. The highest BCUT2D eigenvalue weighted by molar-refractivity contribution is 5.84. The molecule has 0 saturated carbocycles. The first-order chi connectivity index (χ1) is 11.5. The smallest absolute Gasteiger partial charge is 0.330 e. The van der Waals surface area contributed by atoms with Crippen LogP contribution in [0.3, 0.4) is 0 Å². The molecular formula is C19H21NO4. The maximum absolute atomic E-state index is 12.0. The number of carbonyl (C=O) groups excluding carboxylic acids is 1. The predicted octanol–water partition coefficient (Wildman–Crippen LogP) is 3.01. The summed E-state index contributed by atoms with van der Waals surface area (Å²) in [4.78, 5) is 23.4. The Bertz CT molecular complexity index is 713. The molecule has 2 N–H and O–H groups in total. The van der Waals surface area contributed by atoms with Gasteiger partial charge in [0.05, 0.1) is 13.0 Å². The average molecular weight is 327 g/mol. The fourth-order valence-electron chi connectivity index (χ4n) is 2.30. The largest absolute Gasteiger partial charge is 0.493 e. The first-order valence-corrected chi connectivity index (χ1v) is 7.75. The maximum atomic E-state index is 12.0. The van der Waals surface area contributed by atoms with Crippen LogP contribution in [0.2, 0.25) is 0 Å². The van der Waals surface area contributed by atoms with Crippen LogP contribution in [0.4, 0.5) is 0 Å². The van der Waals surface area contributed by atoms with Crippen LogP contribution in [-0.2, 0) is 9.59 Å². The van der Waals surface area contributed by atoms with Gasteiger partial charge in [0.2, 0.25) is 5.91 Å². The number of benzene rings is 2. The normalized spacial score (nSPS) is 11.6. The number of carbonyl (C=O) groups is 2. The van der Waals surface area contributed by atoms with Crippen molar-refractivity contribution in [3.8, 4) is 5.75 Å². The van der Waals surface area contributed by atoms with Gasteiger partial charge in [-0.05, 0) is 36.6 Å². The van der Waals surface area contributed by atoms with E-state index in [1.807, 2.05) is 32.0 Å². The summed E-state index contributed by atoms with van der Waals surface area (Å²) in [6.07, 6.45) is 0.0873. The summed E-state index contributed by atoms with van der Waals surface area (Å²) < 4.78 is 5.63. The van der Waals surface area contributed by atoms with Gasteiger partial charge in [-0.2, -0.15) is 0 Å². The summed E-state index contributed by atoms with van der Waals surface area (Å²) in [5.41, 5.74) is 2.69. The summed E-state index contributed by atoms with van der Waals surface area (Å²) in [6, 6.07) is 13.3. The Labute approximate surface area is 141 Å². The summed E-state index contributed by atoms with van der Waals surface area (Å²) >= 11 is 0. The number of aliphatic carboxylic acids is 1. The van der Waals surface area contributed by atoms with Gasteiger partial charge in [-0.3, -0.25) is 4.79 Å². The molecule has 2 rings (SSSR count). The van der Waals surface area contributed by atoms with Gasteiger partial charge in [-0.15, -0.1) is 0 Å².